The van der Waals surface area contributed by atoms with Gasteiger partial charge in [0, 0.05) is 6.20 Å². The van der Waals surface area contributed by atoms with Crippen molar-refractivity contribution < 1.29 is 9.47 Å². The largest absolute Gasteiger partial charge is 0.494 e. The van der Waals surface area contributed by atoms with Gasteiger partial charge in [0.15, 0.2) is 0 Å². The van der Waals surface area contributed by atoms with Crippen LogP contribution in [0.3, 0.4) is 0 Å². The second-order valence-corrected chi connectivity index (χ2v) is 2.77. The van der Waals surface area contributed by atoms with E-state index in [0.717, 1.165) is 11.6 Å². The number of ether oxygens (including phenoxy) is 2. The predicted molar refractivity (Wildman–Crippen MR) is 50.5 cm³/mol. The molecule has 0 bridgehead atoms. The molecule has 0 amide bonds. The highest BCUT2D eigenvalue weighted by Crippen LogP contribution is 2.05. The molecule has 2 heterocycles. The fourth-order valence-electron chi connectivity index (χ4n) is 1.07. The molecular formula is C9H11N3O2. The first kappa shape index (κ1) is 8.80. The Hall–Kier alpha value is -1.78. The Morgan fingerprint density at radius 2 is 2.43 bits per heavy atom. The Labute approximate surface area is 81.7 Å². The number of hydrogen-bond donors (Lipinski definition) is 1. The maximum absolute atomic E-state index is 5.33. The van der Waals surface area contributed by atoms with Crippen molar-refractivity contribution in [2.24, 2.45) is 0 Å². The lowest BCUT2D eigenvalue weighted by atomic mass is 10.4. The second kappa shape index (κ2) is 4.45. The molecule has 5 nitrogen and oxygen atoms in total. The lowest BCUT2D eigenvalue weighted by Crippen LogP contribution is -2.15. The van der Waals surface area contributed by atoms with E-state index in [4.69, 9.17) is 9.47 Å². The van der Waals surface area contributed by atoms with Crippen LogP contribution >= 0.6 is 0 Å². The van der Waals surface area contributed by atoms with Crippen molar-refractivity contribution in [3.63, 3.8) is 0 Å². The third-order valence-electron chi connectivity index (χ3n) is 1.72. The van der Waals surface area contributed by atoms with Gasteiger partial charge in [-0.2, -0.15) is 5.10 Å². The lowest BCUT2D eigenvalue weighted by molar-refractivity contribution is 0.0843. The van der Waals surface area contributed by atoms with Gasteiger partial charge in [0.1, 0.15) is 31.1 Å². The molecular weight excluding hydrogens is 182 g/mol. The summed E-state index contributed by atoms with van der Waals surface area (Å²) < 4.78 is 10.4. The Morgan fingerprint density at radius 3 is 3.14 bits per heavy atom. The number of aromatic nitrogens is 2. The van der Waals surface area contributed by atoms with E-state index in [9.17, 15) is 0 Å². The summed E-state index contributed by atoms with van der Waals surface area (Å²) in [5.41, 5.74) is 0. The zero-order valence-corrected chi connectivity index (χ0v) is 7.64. The van der Waals surface area contributed by atoms with Gasteiger partial charge >= 0.3 is 0 Å². The molecule has 14 heavy (non-hydrogen) atoms. The number of anilines is 1. The Balaban J connectivity index is 1.85. The molecule has 1 aromatic heterocycles. The van der Waals surface area contributed by atoms with E-state index in [1.54, 1.807) is 12.5 Å². The molecule has 1 aromatic rings. The van der Waals surface area contributed by atoms with Crippen LogP contribution in [0.4, 0.5) is 5.82 Å². The van der Waals surface area contributed by atoms with Crippen molar-refractivity contribution >= 4 is 5.82 Å². The van der Waals surface area contributed by atoms with E-state index in [1.165, 1.54) is 0 Å². The van der Waals surface area contributed by atoms with Crippen LogP contribution < -0.4 is 5.32 Å². The highest BCUT2D eigenvalue weighted by Gasteiger charge is 2.04. The number of rotatable bonds is 3. The highest BCUT2D eigenvalue weighted by molar-refractivity contribution is 5.32. The van der Waals surface area contributed by atoms with Gasteiger partial charge in [0.05, 0.1) is 6.54 Å². The second-order valence-electron chi connectivity index (χ2n) is 2.77. The molecule has 0 aromatic carbocycles. The van der Waals surface area contributed by atoms with Crippen LogP contribution in [0.15, 0.2) is 30.4 Å². The van der Waals surface area contributed by atoms with Crippen molar-refractivity contribution in [2.45, 2.75) is 0 Å². The third-order valence-corrected chi connectivity index (χ3v) is 1.72. The smallest absolute Gasteiger partial charge is 0.150 e. The molecule has 0 atom stereocenters. The van der Waals surface area contributed by atoms with E-state index < -0.39 is 0 Å². The van der Waals surface area contributed by atoms with E-state index >= 15 is 0 Å². The van der Waals surface area contributed by atoms with Crippen molar-refractivity contribution in [1.82, 2.24) is 10.2 Å². The number of nitrogens with one attached hydrogen (secondary N) is 1. The fraction of sp³-hybridized carbons (Fsp3) is 0.333. The summed E-state index contributed by atoms with van der Waals surface area (Å²) in [6.45, 7) is 1.79. The summed E-state index contributed by atoms with van der Waals surface area (Å²) in [5, 5.41) is 10.7. The van der Waals surface area contributed by atoms with Crippen molar-refractivity contribution in [1.29, 1.82) is 0 Å². The first-order chi connectivity index (χ1) is 6.95. The van der Waals surface area contributed by atoms with Gasteiger partial charge in [-0.25, -0.2) is 0 Å². The van der Waals surface area contributed by atoms with Crippen LogP contribution in [-0.2, 0) is 9.47 Å². The Morgan fingerprint density at radius 1 is 1.43 bits per heavy atom. The molecule has 0 fully saturated rings. The number of nitrogens with zero attached hydrogens (tertiary/aromatic N) is 2. The lowest BCUT2D eigenvalue weighted by Gasteiger charge is -2.15. The van der Waals surface area contributed by atoms with Crippen LogP contribution in [0, 0.1) is 0 Å². The first-order valence-corrected chi connectivity index (χ1v) is 4.40. The van der Waals surface area contributed by atoms with Gasteiger partial charge in [-0.05, 0) is 12.1 Å². The summed E-state index contributed by atoms with van der Waals surface area (Å²) in [6.07, 6.45) is 3.25. The van der Waals surface area contributed by atoms with Crippen LogP contribution in [-0.4, -0.2) is 30.0 Å². The fourth-order valence-corrected chi connectivity index (χ4v) is 1.07. The van der Waals surface area contributed by atoms with Gasteiger partial charge in [0.2, 0.25) is 0 Å². The molecule has 74 valence electrons. The molecule has 0 radical (unpaired) electrons. The van der Waals surface area contributed by atoms with Crippen LogP contribution in [0.5, 0.6) is 0 Å². The molecule has 1 N–H and O–H groups in total. The average molecular weight is 193 g/mol. The molecule has 0 spiro atoms. The Bertz CT molecular complexity index is 313. The molecule has 1 aliphatic heterocycles. The van der Waals surface area contributed by atoms with Gasteiger partial charge in [0.25, 0.3) is 0 Å². The monoisotopic (exact) mass is 193 g/mol. The average Bonchev–Trinajstić information content (AvgIpc) is 2.29. The van der Waals surface area contributed by atoms with Crippen molar-refractivity contribution in [3.05, 3.63) is 30.4 Å². The standard InChI is InChI=1S/C9H11N3O2/c1-2-9(12-11-3-1)10-6-8-7-13-4-5-14-8/h1-3,7H,4-6H2,(H,10,12). The quantitative estimate of drug-likeness (QED) is 0.768. The van der Waals surface area contributed by atoms with Crippen LogP contribution in [0.1, 0.15) is 0 Å². The zero-order valence-electron chi connectivity index (χ0n) is 7.64. The van der Waals surface area contributed by atoms with E-state index in [0.29, 0.717) is 19.8 Å². The minimum Gasteiger partial charge on any atom is -0.494 e. The van der Waals surface area contributed by atoms with Crippen molar-refractivity contribution in [2.75, 3.05) is 25.1 Å². The Kier molecular flexibility index (Phi) is 2.80. The van der Waals surface area contributed by atoms with Gasteiger partial charge in [-0.1, -0.05) is 0 Å². The first-order valence-electron chi connectivity index (χ1n) is 4.40. The summed E-state index contributed by atoms with van der Waals surface area (Å²) in [7, 11) is 0. The summed E-state index contributed by atoms with van der Waals surface area (Å²) in [4.78, 5) is 0. The normalized spacial score (nSPS) is 15.0. The topological polar surface area (TPSA) is 56.3 Å². The van der Waals surface area contributed by atoms with E-state index in [-0.39, 0.29) is 0 Å². The summed E-state index contributed by atoms with van der Waals surface area (Å²) in [6, 6.07) is 3.67. The molecule has 0 unspecified atom stereocenters. The minimum atomic E-state index is 0.568. The molecule has 0 saturated heterocycles. The molecule has 1 aliphatic rings. The maximum Gasteiger partial charge on any atom is 0.150 e. The summed E-state index contributed by atoms with van der Waals surface area (Å²) in [5.74, 6) is 1.50. The molecule has 0 saturated carbocycles. The molecule has 0 aliphatic carbocycles. The van der Waals surface area contributed by atoms with Gasteiger partial charge in [-0.15, -0.1) is 5.10 Å². The third kappa shape index (κ3) is 2.35. The van der Waals surface area contributed by atoms with Gasteiger partial charge in [-0.3, -0.25) is 0 Å². The minimum absolute atomic E-state index is 0.568. The molecule has 2 rings (SSSR count). The van der Waals surface area contributed by atoms with Gasteiger partial charge < -0.3 is 14.8 Å². The predicted octanol–water partition coefficient (Wildman–Crippen LogP) is 0.777. The van der Waals surface area contributed by atoms with E-state index in [2.05, 4.69) is 15.5 Å². The van der Waals surface area contributed by atoms with E-state index in [1.807, 2.05) is 12.1 Å². The number of hydrogen-bond acceptors (Lipinski definition) is 5. The van der Waals surface area contributed by atoms with Crippen molar-refractivity contribution in [3.8, 4) is 0 Å². The molecule has 5 heteroatoms. The maximum atomic E-state index is 5.33. The van der Waals surface area contributed by atoms with Crippen LogP contribution in [0.2, 0.25) is 0 Å². The zero-order chi connectivity index (χ0) is 9.64. The van der Waals surface area contributed by atoms with Crippen LogP contribution in [0.25, 0.3) is 0 Å². The summed E-state index contributed by atoms with van der Waals surface area (Å²) >= 11 is 0. The SMILES string of the molecule is C1=C(CNc2cccnn2)OCCO1. The highest BCUT2D eigenvalue weighted by atomic mass is 16.6.